The van der Waals surface area contributed by atoms with E-state index >= 15 is 0 Å². The van der Waals surface area contributed by atoms with Gasteiger partial charge in [0.05, 0.1) is 4.90 Å². The molecule has 1 aromatic rings. The highest BCUT2D eigenvalue weighted by Gasteiger charge is 2.19. The lowest BCUT2D eigenvalue weighted by atomic mass is 10.1. The third kappa shape index (κ3) is 2.22. The molecule has 1 aromatic carbocycles. The molecule has 17 heavy (non-hydrogen) atoms. The molecule has 0 saturated heterocycles. The smallest absolute Gasteiger partial charge is 0.308 e. The second kappa shape index (κ2) is 3.97. The number of carbonyl (C=O) groups is 1. The zero-order chi connectivity index (χ0) is 12.6. The van der Waals surface area contributed by atoms with Gasteiger partial charge in [-0.25, -0.2) is 8.42 Å². The highest BCUT2D eigenvalue weighted by atomic mass is 32.2. The van der Waals surface area contributed by atoms with E-state index in [1.54, 1.807) is 12.2 Å². The van der Waals surface area contributed by atoms with Gasteiger partial charge in [-0.15, -0.1) is 0 Å². The third-order valence-corrected chi connectivity index (χ3v) is 3.32. The molecule has 0 atom stereocenters. The van der Waals surface area contributed by atoms with Gasteiger partial charge in [0.15, 0.2) is 0 Å². The van der Waals surface area contributed by atoms with Crippen LogP contribution in [0.1, 0.15) is 18.1 Å². The van der Waals surface area contributed by atoms with Crippen molar-refractivity contribution in [1.82, 2.24) is 0 Å². The zero-order valence-electron chi connectivity index (χ0n) is 8.97. The number of rotatable bonds is 2. The van der Waals surface area contributed by atoms with E-state index in [1.807, 2.05) is 0 Å². The maximum Gasteiger partial charge on any atom is 0.308 e. The quantitative estimate of drug-likeness (QED) is 0.447. The molecule has 0 heterocycles. The van der Waals surface area contributed by atoms with Crippen molar-refractivity contribution in [2.24, 2.45) is 0 Å². The summed E-state index contributed by atoms with van der Waals surface area (Å²) in [7, 11) is -4.50. The minimum atomic E-state index is -4.50. The van der Waals surface area contributed by atoms with Gasteiger partial charge in [0, 0.05) is 12.5 Å². The minimum absolute atomic E-state index is 0.256. The van der Waals surface area contributed by atoms with Crippen LogP contribution in [0.4, 0.5) is 0 Å². The number of carbonyl (C=O) groups excluding carboxylic acids is 1. The van der Waals surface area contributed by atoms with Crippen LogP contribution in [0.5, 0.6) is 5.75 Å². The fourth-order valence-corrected chi connectivity index (χ4v) is 2.52. The molecule has 0 radical (unpaired) electrons. The summed E-state index contributed by atoms with van der Waals surface area (Å²) in [4.78, 5) is 10.6. The summed E-state index contributed by atoms with van der Waals surface area (Å²) in [5.41, 5.74) is 0.871. The van der Waals surface area contributed by atoms with Crippen molar-refractivity contribution in [3.05, 3.63) is 29.3 Å². The van der Waals surface area contributed by atoms with Gasteiger partial charge >= 0.3 is 5.97 Å². The summed E-state index contributed by atoms with van der Waals surface area (Å²) in [5, 5.41) is 0. The van der Waals surface area contributed by atoms with Crippen molar-refractivity contribution in [2.45, 2.75) is 18.2 Å². The number of allylic oxidation sites excluding steroid dienone is 1. The first kappa shape index (κ1) is 11.8. The van der Waals surface area contributed by atoms with Gasteiger partial charge in [0.25, 0.3) is 0 Å². The van der Waals surface area contributed by atoms with Crippen molar-refractivity contribution in [3.8, 4) is 5.75 Å². The van der Waals surface area contributed by atoms with Crippen LogP contribution in [0.25, 0.3) is 6.08 Å². The lowest BCUT2D eigenvalue weighted by Gasteiger charge is -2.14. The molecule has 0 spiro atoms. The number of fused-ring (bicyclic) bond motifs is 1. The van der Waals surface area contributed by atoms with Gasteiger partial charge in [-0.1, -0.05) is 12.2 Å². The van der Waals surface area contributed by atoms with E-state index in [0.29, 0.717) is 17.5 Å². The van der Waals surface area contributed by atoms with E-state index in [-0.39, 0.29) is 10.6 Å². The SMILES string of the molecule is CC(=O)Oc1ccc(S(=O)(=O)[O-])c2c1C=CC2. The van der Waals surface area contributed by atoms with Crippen molar-refractivity contribution in [3.63, 3.8) is 0 Å². The first-order chi connectivity index (χ1) is 7.89. The van der Waals surface area contributed by atoms with Crippen molar-refractivity contribution < 1.29 is 22.5 Å². The number of esters is 1. The van der Waals surface area contributed by atoms with Gasteiger partial charge in [0.2, 0.25) is 0 Å². The van der Waals surface area contributed by atoms with Crippen LogP contribution in [0.15, 0.2) is 23.1 Å². The maximum absolute atomic E-state index is 11.0. The molecule has 5 nitrogen and oxygen atoms in total. The van der Waals surface area contributed by atoms with Crippen LogP contribution in [0.2, 0.25) is 0 Å². The molecule has 0 N–H and O–H groups in total. The average Bonchev–Trinajstić information content (AvgIpc) is 2.63. The number of hydrogen-bond donors (Lipinski definition) is 0. The van der Waals surface area contributed by atoms with Crippen LogP contribution >= 0.6 is 0 Å². The Bertz CT molecular complexity index is 613. The normalized spacial score (nSPS) is 13.5. The summed E-state index contributed by atoms with van der Waals surface area (Å²) in [5.74, 6) is -0.223. The van der Waals surface area contributed by atoms with Gasteiger partial charge in [-0.2, -0.15) is 0 Å². The molecule has 1 aliphatic rings. The molecule has 0 aromatic heterocycles. The van der Waals surface area contributed by atoms with Crippen molar-refractivity contribution >= 4 is 22.2 Å². The number of hydrogen-bond acceptors (Lipinski definition) is 5. The van der Waals surface area contributed by atoms with Crippen LogP contribution in [-0.2, 0) is 21.3 Å². The topological polar surface area (TPSA) is 83.5 Å². The van der Waals surface area contributed by atoms with Crippen molar-refractivity contribution in [1.29, 1.82) is 0 Å². The maximum atomic E-state index is 11.0. The molecule has 0 bridgehead atoms. The number of benzene rings is 1. The summed E-state index contributed by atoms with van der Waals surface area (Å²) in [6, 6.07) is 2.49. The molecule has 0 aliphatic heterocycles. The lowest BCUT2D eigenvalue weighted by Crippen LogP contribution is -2.07. The lowest BCUT2D eigenvalue weighted by molar-refractivity contribution is -0.131. The van der Waals surface area contributed by atoms with Crippen LogP contribution in [-0.4, -0.2) is 18.9 Å². The Morgan fingerprint density at radius 2 is 2.12 bits per heavy atom. The summed E-state index contributed by atoms with van der Waals surface area (Å²) >= 11 is 0. The molecule has 2 rings (SSSR count). The fourth-order valence-electron chi connectivity index (χ4n) is 1.79. The molecule has 6 heteroatoms. The first-order valence-corrected chi connectivity index (χ1v) is 6.27. The van der Waals surface area contributed by atoms with Gasteiger partial charge in [0.1, 0.15) is 15.9 Å². The van der Waals surface area contributed by atoms with E-state index in [9.17, 15) is 17.8 Å². The third-order valence-electron chi connectivity index (χ3n) is 2.40. The Morgan fingerprint density at radius 3 is 2.71 bits per heavy atom. The van der Waals surface area contributed by atoms with E-state index in [2.05, 4.69) is 0 Å². The summed E-state index contributed by atoms with van der Waals surface area (Å²) in [6.45, 7) is 1.25. The molecule has 0 fully saturated rings. The molecule has 0 amide bonds. The predicted molar refractivity (Wildman–Crippen MR) is 58.5 cm³/mol. The van der Waals surface area contributed by atoms with E-state index in [1.165, 1.54) is 19.1 Å². The summed E-state index contributed by atoms with van der Waals surface area (Å²) < 4.78 is 38.0. The molecule has 0 saturated carbocycles. The molecule has 0 unspecified atom stereocenters. The summed E-state index contributed by atoms with van der Waals surface area (Å²) in [6.07, 6.45) is 3.70. The Balaban J connectivity index is 2.60. The largest absolute Gasteiger partial charge is 0.744 e. The van der Waals surface area contributed by atoms with Crippen molar-refractivity contribution in [2.75, 3.05) is 0 Å². The Labute approximate surface area is 98.5 Å². The number of ether oxygens (including phenoxy) is 1. The Kier molecular flexibility index (Phi) is 2.76. The van der Waals surface area contributed by atoms with E-state index in [0.717, 1.165) is 0 Å². The highest BCUT2D eigenvalue weighted by Crippen LogP contribution is 2.33. The zero-order valence-corrected chi connectivity index (χ0v) is 9.78. The van der Waals surface area contributed by atoms with Crippen LogP contribution in [0.3, 0.4) is 0 Å². The standard InChI is InChI=1S/C11H10O5S/c1-7(12)16-10-5-6-11(17(13,14)15)9-4-2-3-8(9)10/h2-3,5-6H,4H2,1H3,(H,13,14,15)/p-1. The second-order valence-corrected chi connectivity index (χ2v) is 4.96. The van der Waals surface area contributed by atoms with E-state index < -0.39 is 16.1 Å². The van der Waals surface area contributed by atoms with Crippen LogP contribution in [0, 0.1) is 0 Å². The molecular weight excluding hydrogens is 244 g/mol. The molecule has 1 aliphatic carbocycles. The second-order valence-electron chi connectivity index (χ2n) is 3.61. The Morgan fingerprint density at radius 1 is 1.41 bits per heavy atom. The minimum Gasteiger partial charge on any atom is -0.744 e. The monoisotopic (exact) mass is 253 g/mol. The van der Waals surface area contributed by atoms with Crippen LogP contribution < -0.4 is 4.74 Å². The average molecular weight is 253 g/mol. The first-order valence-electron chi connectivity index (χ1n) is 4.86. The Hall–Kier alpha value is -1.66. The van der Waals surface area contributed by atoms with E-state index in [4.69, 9.17) is 4.74 Å². The highest BCUT2D eigenvalue weighted by molar-refractivity contribution is 7.85. The fraction of sp³-hybridized carbons (Fsp3) is 0.182. The molecular formula is C11H9O5S-. The van der Waals surface area contributed by atoms with Gasteiger partial charge < -0.3 is 9.29 Å². The molecule has 90 valence electrons. The van der Waals surface area contributed by atoms with Gasteiger partial charge in [-0.3, -0.25) is 4.79 Å². The predicted octanol–water partition coefficient (Wildman–Crippen LogP) is 1.09. The van der Waals surface area contributed by atoms with Gasteiger partial charge in [-0.05, 0) is 24.1 Å².